The van der Waals surface area contributed by atoms with Crippen LogP contribution in [0.15, 0.2) is 0 Å². The van der Waals surface area contributed by atoms with E-state index in [1.165, 1.54) is 0 Å². The zero-order chi connectivity index (χ0) is 13.8. The third-order valence-electron chi connectivity index (χ3n) is 4.44. The number of likely N-dealkylation sites (N-methyl/N-ethyl adjacent to an activating group) is 1. The number of hydrogen-bond acceptors (Lipinski definition) is 4. The predicted octanol–water partition coefficient (Wildman–Crippen LogP) is 1.09. The summed E-state index contributed by atoms with van der Waals surface area (Å²) in [5.41, 5.74) is -0.141. The number of aliphatic hydroxyl groups excluding tert-OH is 1. The molecule has 0 aromatic carbocycles. The molecule has 1 saturated heterocycles. The molecule has 108 valence electrons. The third kappa shape index (κ3) is 4.19. The van der Waals surface area contributed by atoms with E-state index >= 15 is 0 Å². The lowest BCUT2D eigenvalue weighted by Gasteiger charge is -2.34. The molecule has 0 aromatic heterocycles. The van der Waals surface area contributed by atoms with E-state index in [0.717, 1.165) is 32.5 Å². The molecule has 1 aliphatic heterocycles. The van der Waals surface area contributed by atoms with Crippen molar-refractivity contribution in [1.82, 2.24) is 10.2 Å². The first-order chi connectivity index (χ1) is 8.40. The van der Waals surface area contributed by atoms with Gasteiger partial charge in [0.25, 0.3) is 0 Å². The maximum atomic E-state index is 9.60. The van der Waals surface area contributed by atoms with Gasteiger partial charge in [0.2, 0.25) is 0 Å². The van der Waals surface area contributed by atoms with Crippen molar-refractivity contribution in [3.8, 4) is 0 Å². The number of nitrogens with zero attached hydrogens (tertiary/aromatic N) is 1. The van der Waals surface area contributed by atoms with Crippen LogP contribution in [0, 0.1) is 5.92 Å². The standard InChI is InChI=1S/C14H30N2O2/c1-11(17)12-6-8-16(10-12)9-7-13(15-4)14(2,3)18-5/h11-13,15,17H,6-10H2,1-5H3. The van der Waals surface area contributed by atoms with Crippen LogP contribution in [0.1, 0.15) is 33.6 Å². The highest BCUT2D eigenvalue weighted by molar-refractivity contribution is 4.86. The second-order valence-corrected chi connectivity index (χ2v) is 6.03. The number of aliphatic hydroxyl groups is 1. The van der Waals surface area contributed by atoms with E-state index in [0.29, 0.717) is 12.0 Å². The van der Waals surface area contributed by atoms with Gasteiger partial charge in [-0.3, -0.25) is 0 Å². The van der Waals surface area contributed by atoms with Gasteiger partial charge in [-0.25, -0.2) is 0 Å². The highest BCUT2D eigenvalue weighted by Gasteiger charge is 2.30. The number of hydrogen-bond donors (Lipinski definition) is 2. The van der Waals surface area contributed by atoms with Gasteiger partial charge in [0.1, 0.15) is 0 Å². The van der Waals surface area contributed by atoms with E-state index in [4.69, 9.17) is 4.74 Å². The summed E-state index contributed by atoms with van der Waals surface area (Å²) in [6, 6.07) is 0.355. The van der Waals surface area contributed by atoms with E-state index in [-0.39, 0.29) is 11.7 Å². The molecule has 1 aliphatic rings. The predicted molar refractivity (Wildman–Crippen MR) is 74.8 cm³/mol. The van der Waals surface area contributed by atoms with Crippen molar-refractivity contribution in [1.29, 1.82) is 0 Å². The summed E-state index contributed by atoms with van der Waals surface area (Å²) in [6.45, 7) is 9.36. The fourth-order valence-electron chi connectivity index (χ4n) is 2.75. The summed E-state index contributed by atoms with van der Waals surface area (Å²) in [5, 5.41) is 13.0. The number of methoxy groups -OCH3 is 1. The molecule has 2 N–H and O–H groups in total. The minimum Gasteiger partial charge on any atom is -0.393 e. The van der Waals surface area contributed by atoms with Crippen LogP contribution >= 0.6 is 0 Å². The van der Waals surface area contributed by atoms with Gasteiger partial charge in [-0.15, -0.1) is 0 Å². The molecule has 4 heteroatoms. The van der Waals surface area contributed by atoms with Crippen molar-refractivity contribution in [2.24, 2.45) is 5.92 Å². The first-order valence-electron chi connectivity index (χ1n) is 7.03. The molecule has 4 nitrogen and oxygen atoms in total. The highest BCUT2D eigenvalue weighted by atomic mass is 16.5. The normalized spacial score (nSPS) is 25.3. The van der Waals surface area contributed by atoms with Crippen LogP contribution < -0.4 is 5.32 Å². The molecular weight excluding hydrogens is 228 g/mol. The van der Waals surface area contributed by atoms with Crippen molar-refractivity contribution in [2.75, 3.05) is 33.8 Å². The molecule has 0 spiro atoms. The van der Waals surface area contributed by atoms with Crippen molar-refractivity contribution in [3.63, 3.8) is 0 Å². The van der Waals surface area contributed by atoms with Crippen molar-refractivity contribution in [2.45, 2.75) is 51.4 Å². The first-order valence-corrected chi connectivity index (χ1v) is 7.03. The zero-order valence-electron chi connectivity index (χ0n) is 12.6. The Balaban J connectivity index is 2.36. The lowest BCUT2D eigenvalue weighted by atomic mass is 9.95. The molecule has 3 atom stereocenters. The van der Waals surface area contributed by atoms with Gasteiger partial charge >= 0.3 is 0 Å². The molecule has 3 unspecified atom stereocenters. The Bertz CT molecular complexity index is 244. The molecule has 0 saturated carbocycles. The number of rotatable bonds is 7. The topological polar surface area (TPSA) is 44.7 Å². The Labute approximate surface area is 112 Å². The average molecular weight is 258 g/mol. The molecule has 1 heterocycles. The number of nitrogens with one attached hydrogen (secondary N) is 1. The third-order valence-corrected chi connectivity index (χ3v) is 4.44. The Morgan fingerprint density at radius 1 is 1.50 bits per heavy atom. The Hall–Kier alpha value is -0.160. The van der Waals surface area contributed by atoms with Gasteiger partial charge < -0.3 is 20.1 Å². The zero-order valence-corrected chi connectivity index (χ0v) is 12.6. The lowest BCUT2D eigenvalue weighted by Crippen LogP contribution is -2.48. The minimum atomic E-state index is -0.175. The highest BCUT2D eigenvalue weighted by Crippen LogP contribution is 2.22. The van der Waals surface area contributed by atoms with E-state index in [2.05, 4.69) is 24.1 Å². The van der Waals surface area contributed by atoms with Gasteiger partial charge in [-0.1, -0.05) is 0 Å². The van der Waals surface area contributed by atoms with Gasteiger partial charge in [-0.2, -0.15) is 0 Å². The van der Waals surface area contributed by atoms with Gasteiger partial charge in [0, 0.05) is 19.7 Å². The minimum absolute atomic E-state index is 0.141. The molecular formula is C14H30N2O2. The number of ether oxygens (including phenoxy) is 1. The summed E-state index contributed by atoms with van der Waals surface area (Å²) in [5.74, 6) is 0.452. The molecule has 0 radical (unpaired) electrons. The van der Waals surface area contributed by atoms with E-state index in [1.54, 1.807) is 7.11 Å². The second kappa shape index (κ2) is 6.85. The summed E-state index contributed by atoms with van der Waals surface area (Å²) in [4.78, 5) is 2.45. The maximum absolute atomic E-state index is 9.60. The van der Waals surface area contributed by atoms with Crippen molar-refractivity contribution in [3.05, 3.63) is 0 Å². The SMILES string of the molecule is CNC(CCN1CCC(C(C)O)C1)C(C)(C)OC. The van der Waals surface area contributed by atoms with Crippen LogP contribution in [0.3, 0.4) is 0 Å². The summed E-state index contributed by atoms with van der Waals surface area (Å²) >= 11 is 0. The van der Waals surface area contributed by atoms with Gasteiger partial charge in [0.15, 0.2) is 0 Å². The fourth-order valence-corrected chi connectivity index (χ4v) is 2.75. The molecule has 1 rings (SSSR count). The molecule has 0 aromatic rings. The van der Waals surface area contributed by atoms with Crippen molar-refractivity contribution < 1.29 is 9.84 Å². The van der Waals surface area contributed by atoms with Crippen LogP contribution in [0.4, 0.5) is 0 Å². The van der Waals surface area contributed by atoms with Crippen LogP contribution in [-0.4, -0.2) is 61.5 Å². The van der Waals surface area contributed by atoms with Crippen LogP contribution in [-0.2, 0) is 4.74 Å². The maximum Gasteiger partial charge on any atom is 0.0775 e. The Morgan fingerprint density at radius 2 is 2.17 bits per heavy atom. The molecule has 0 aliphatic carbocycles. The summed E-state index contributed by atoms with van der Waals surface area (Å²) < 4.78 is 5.54. The van der Waals surface area contributed by atoms with E-state index in [1.807, 2.05) is 14.0 Å². The van der Waals surface area contributed by atoms with Crippen molar-refractivity contribution >= 4 is 0 Å². The quantitative estimate of drug-likeness (QED) is 0.717. The first kappa shape index (κ1) is 15.9. The van der Waals surface area contributed by atoms with E-state index < -0.39 is 0 Å². The summed E-state index contributed by atoms with van der Waals surface area (Å²) in [6.07, 6.45) is 2.02. The van der Waals surface area contributed by atoms with Crippen LogP contribution in [0.25, 0.3) is 0 Å². The largest absolute Gasteiger partial charge is 0.393 e. The van der Waals surface area contributed by atoms with E-state index in [9.17, 15) is 5.11 Å². The smallest absolute Gasteiger partial charge is 0.0775 e. The van der Waals surface area contributed by atoms with Gasteiger partial charge in [0.05, 0.1) is 11.7 Å². The van der Waals surface area contributed by atoms with Crippen LogP contribution in [0.2, 0.25) is 0 Å². The Kier molecular flexibility index (Phi) is 6.05. The fraction of sp³-hybridized carbons (Fsp3) is 1.00. The van der Waals surface area contributed by atoms with Crippen LogP contribution in [0.5, 0.6) is 0 Å². The van der Waals surface area contributed by atoms with Gasteiger partial charge in [-0.05, 0) is 59.7 Å². The lowest BCUT2D eigenvalue weighted by molar-refractivity contribution is -0.0125. The molecule has 0 amide bonds. The monoisotopic (exact) mass is 258 g/mol. The Morgan fingerprint density at radius 3 is 2.61 bits per heavy atom. The molecule has 1 fully saturated rings. The number of likely N-dealkylation sites (tertiary alicyclic amines) is 1. The second-order valence-electron chi connectivity index (χ2n) is 6.03. The average Bonchev–Trinajstić information content (AvgIpc) is 2.78. The molecule has 18 heavy (non-hydrogen) atoms. The molecule has 0 bridgehead atoms. The summed E-state index contributed by atoms with van der Waals surface area (Å²) in [7, 11) is 3.76.